The number of carbonyl (C=O) groups is 3. The van der Waals surface area contributed by atoms with Crippen molar-refractivity contribution < 1.29 is 28.6 Å². The number of ether oxygens (including phenoxy) is 3. The Morgan fingerprint density at radius 1 is 0.358 bits per heavy atom. The monoisotopic (exact) mass is 950 g/mol. The minimum absolute atomic E-state index is 0.143. The highest BCUT2D eigenvalue weighted by molar-refractivity contribution is 5.72. The van der Waals surface area contributed by atoms with Crippen molar-refractivity contribution in [2.75, 3.05) is 13.1 Å². The molecule has 0 bridgehead atoms. The minimum Gasteiger partial charge on any atom is -0.436 e. The van der Waals surface area contributed by atoms with Crippen LogP contribution < -0.4 is 16.8 Å². The van der Waals surface area contributed by atoms with E-state index >= 15 is 0 Å². The zero-order valence-corrected chi connectivity index (χ0v) is 45.0. The number of unbranched alkanes of at least 4 members (excludes halogenated alkanes) is 42. The van der Waals surface area contributed by atoms with E-state index in [1.165, 1.54) is 218 Å². The van der Waals surface area contributed by atoms with Gasteiger partial charge < -0.3 is 19.9 Å². The summed E-state index contributed by atoms with van der Waals surface area (Å²) in [6.45, 7) is 7.26. The summed E-state index contributed by atoms with van der Waals surface area (Å²) in [6, 6.07) is 0. The highest BCUT2D eigenvalue weighted by atomic mass is 16.8. The third kappa shape index (κ3) is 46.4. The molecule has 0 aromatic heterocycles. The third-order valence-corrected chi connectivity index (χ3v) is 13.6. The van der Waals surface area contributed by atoms with E-state index in [9.17, 15) is 14.4 Å². The van der Waals surface area contributed by atoms with E-state index < -0.39 is 30.0 Å². The summed E-state index contributed by atoms with van der Waals surface area (Å²) in [5, 5.41) is 3.00. The standard InChI is InChI=1S/C58H115N3O6/c1-4-7-10-13-16-19-22-25-28-31-34-37-40-43-46-49-54(62)65-57(61-53-52-59)58(60,66-55(63)50-47-44-41-38-35-32-29-26-23-20-17-14-11-8-5-2)67-56(64)51-48-45-42-39-36-33-30-27-24-21-18-15-12-9-6-3/h57,61H,4-53,59-60H2,1-3H3. The second kappa shape index (κ2) is 52.1. The molecule has 0 spiro atoms. The van der Waals surface area contributed by atoms with Gasteiger partial charge in [-0.15, -0.1) is 0 Å². The molecule has 0 aromatic carbocycles. The first-order chi connectivity index (χ1) is 32.8. The second-order valence-corrected chi connectivity index (χ2v) is 20.4. The molecule has 398 valence electrons. The minimum atomic E-state index is -2.31. The Kier molecular flexibility index (Phi) is 50.8. The normalized spacial score (nSPS) is 12.1. The molecular weight excluding hydrogens is 835 g/mol. The number of nitrogens with one attached hydrogen (secondary N) is 1. The summed E-state index contributed by atoms with van der Waals surface area (Å²) in [4.78, 5) is 39.8. The number of hydrogen-bond acceptors (Lipinski definition) is 9. The molecule has 0 saturated heterocycles. The second-order valence-electron chi connectivity index (χ2n) is 20.4. The maximum Gasteiger partial charge on any atom is 0.368 e. The van der Waals surface area contributed by atoms with Crippen LogP contribution in [0.3, 0.4) is 0 Å². The van der Waals surface area contributed by atoms with Gasteiger partial charge in [-0.25, -0.2) is 0 Å². The van der Waals surface area contributed by atoms with Crippen LogP contribution in [0.5, 0.6) is 0 Å². The van der Waals surface area contributed by atoms with E-state index in [1.54, 1.807) is 0 Å². The first-order valence-corrected chi connectivity index (χ1v) is 29.7. The molecule has 0 heterocycles. The van der Waals surface area contributed by atoms with Crippen molar-refractivity contribution in [3.8, 4) is 0 Å². The number of rotatable bonds is 55. The van der Waals surface area contributed by atoms with Gasteiger partial charge in [0.05, 0.1) is 0 Å². The predicted octanol–water partition coefficient (Wildman–Crippen LogP) is 16.9. The molecule has 9 heteroatoms. The number of hydrogen-bond donors (Lipinski definition) is 3. The molecule has 67 heavy (non-hydrogen) atoms. The topological polar surface area (TPSA) is 143 Å². The average Bonchev–Trinajstić information content (AvgIpc) is 3.31. The van der Waals surface area contributed by atoms with E-state index in [1.807, 2.05) is 0 Å². The Labute approximate surface area is 416 Å². The Hall–Kier alpha value is -1.71. The van der Waals surface area contributed by atoms with Gasteiger partial charge in [0.2, 0.25) is 6.23 Å². The largest absolute Gasteiger partial charge is 0.436 e. The van der Waals surface area contributed by atoms with Crippen molar-refractivity contribution in [3.63, 3.8) is 0 Å². The van der Waals surface area contributed by atoms with Gasteiger partial charge in [-0.1, -0.05) is 290 Å². The molecule has 9 nitrogen and oxygen atoms in total. The molecule has 0 aliphatic carbocycles. The fourth-order valence-corrected chi connectivity index (χ4v) is 9.18. The highest BCUT2D eigenvalue weighted by Crippen LogP contribution is 2.22. The Morgan fingerprint density at radius 3 is 0.791 bits per heavy atom. The van der Waals surface area contributed by atoms with Gasteiger partial charge >= 0.3 is 23.8 Å². The first kappa shape index (κ1) is 65.3. The molecule has 1 atom stereocenters. The molecule has 5 N–H and O–H groups in total. The lowest BCUT2D eigenvalue weighted by Gasteiger charge is -2.35. The van der Waals surface area contributed by atoms with Gasteiger partial charge in [-0.2, -0.15) is 0 Å². The van der Waals surface area contributed by atoms with Crippen molar-refractivity contribution in [2.45, 2.75) is 341 Å². The first-order valence-electron chi connectivity index (χ1n) is 29.7. The number of nitrogens with two attached hydrogens (primary N) is 2. The van der Waals surface area contributed by atoms with Crippen LogP contribution in [0.15, 0.2) is 0 Å². The van der Waals surface area contributed by atoms with E-state index in [0.29, 0.717) is 19.3 Å². The number of carbonyl (C=O) groups excluding carboxylic acids is 3. The summed E-state index contributed by atoms with van der Waals surface area (Å²) < 4.78 is 17.3. The zero-order chi connectivity index (χ0) is 49.0. The maximum atomic E-state index is 13.3. The van der Waals surface area contributed by atoms with Crippen LogP contribution in [0.4, 0.5) is 0 Å². The lowest BCUT2D eigenvalue weighted by atomic mass is 10.0. The molecule has 0 saturated carbocycles. The van der Waals surface area contributed by atoms with Crippen molar-refractivity contribution in [3.05, 3.63) is 0 Å². The van der Waals surface area contributed by atoms with Crippen LogP contribution >= 0.6 is 0 Å². The fourth-order valence-electron chi connectivity index (χ4n) is 9.18. The third-order valence-electron chi connectivity index (χ3n) is 13.6. The molecule has 0 aromatic rings. The van der Waals surface area contributed by atoms with Crippen LogP contribution in [0.2, 0.25) is 0 Å². The van der Waals surface area contributed by atoms with Crippen LogP contribution in [-0.2, 0) is 28.6 Å². The molecule has 0 fully saturated rings. The summed E-state index contributed by atoms with van der Waals surface area (Å²) in [5.41, 5.74) is 12.5. The SMILES string of the molecule is CCCCCCCCCCCCCCCCCC(=O)OC(NCCN)C(N)(OC(=O)CCCCCCCCCCCCCCCCC)OC(=O)CCCCCCCCCCCCCCCCC. The Bertz CT molecular complexity index is 1010. The molecule has 0 radical (unpaired) electrons. The van der Waals surface area contributed by atoms with Crippen LogP contribution in [0.1, 0.15) is 329 Å². The molecule has 0 aliphatic heterocycles. The van der Waals surface area contributed by atoms with Gasteiger partial charge in [0.1, 0.15) is 0 Å². The summed E-state index contributed by atoms with van der Waals surface area (Å²) in [6.07, 6.45) is 54.6. The van der Waals surface area contributed by atoms with E-state index in [0.717, 1.165) is 51.4 Å². The Morgan fingerprint density at radius 2 is 0.567 bits per heavy atom. The molecule has 0 rings (SSSR count). The van der Waals surface area contributed by atoms with E-state index in [2.05, 4.69) is 26.1 Å². The van der Waals surface area contributed by atoms with Crippen molar-refractivity contribution in [1.82, 2.24) is 5.32 Å². The van der Waals surface area contributed by atoms with Gasteiger partial charge in [0.15, 0.2) is 0 Å². The Balaban J connectivity index is 4.87. The summed E-state index contributed by atoms with van der Waals surface area (Å²) >= 11 is 0. The van der Waals surface area contributed by atoms with Crippen LogP contribution in [0.25, 0.3) is 0 Å². The van der Waals surface area contributed by atoms with Gasteiger partial charge in [-0.3, -0.25) is 25.4 Å². The lowest BCUT2D eigenvalue weighted by Crippen LogP contribution is -2.64. The zero-order valence-electron chi connectivity index (χ0n) is 45.0. The molecule has 0 amide bonds. The fraction of sp³-hybridized carbons (Fsp3) is 0.948. The highest BCUT2D eigenvalue weighted by Gasteiger charge is 2.46. The molecule has 0 aliphatic rings. The average molecular weight is 951 g/mol. The smallest absolute Gasteiger partial charge is 0.368 e. The van der Waals surface area contributed by atoms with Crippen LogP contribution in [-0.4, -0.2) is 43.1 Å². The number of esters is 3. The van der Waals surface area contributed by atoms with Gasteiger partial charge in [-0.05, 0) is 19.3 Å². The van der Waals surface area contributed by atoms with Gasteiger partial charge in [0.25, 0.3) is 0 Å². The van der Waals surface area contributed by atoms with Crippen molar-refractivity contribution >= 4 is 17.9 Å². The van der Waals surface area contributed by atoms with Gasteiger partial charge in [0, 0.05) is 32.4 Å². The maximum absolute atomic E-state index is 13.3. The van der Waals surface area contributed by atoms with E-state index in [4.69, 9.17) is 25.7 Å². The lowest BCUT2D eigenvalue weighted by molar-refractivity contribution is -0.269. The summed E-state index contributed by atoms with van der Waals surface area (Å²) in [5.74, 6) is -3.93. The van der Waals surface area contributed by atoms with Crippen LogP contribution in [0, 0.1) is 0 Å². The predicted molar refractivity (Wildman–Crippen MR) is 285 cm³/mol. The quantitative estimate of drug-likeness (QED) is 0.0308. The molecular formula is C58H115N3O6. The van der Waals surface area contributed by atoms with Crippen molar-refractivity contribution in [2.24, 2.45) is 11.5 Å². The van der Waals surface area contributed by atoms with E-state index in [-0.39, 0.29) is 32.4 Å². The summed E-state index contributed by atoms with van der Waals surface area (Å²) in [7, 11) is 0. The molecule has 1 unspecified atom stereocenters. The van der Waals surface area contributed by atoms with Crippen molar-refractivity contribution in [1.29, 1.82) is 0 Å².